The molecule has 0 aliphatic heterocycles. The number of alkyl halides is 1. The van der Waals surface area contributed by atoms with Crippen molar-refractivity contribution in [2.24, 2.45) is 17.3 Å². The van der Waals surface area contributed by atoms with Crippen LogP contribution in [0.3, 0.4) is 0 Å². The highest BCUT2D eigenvalue weighted by molar-refractivity contribution is 9.09. The lowest BCUT2D eigenvalue weighted by Crippen LogP contribution is -1.86. The van der Waals surface area contributed by atoms with Gasteiger partial charge >= 0.3 is 0 Å². The molecular formula is C10H17Br. The van der Waals surface area contributed by atoms with Gasteiger partial charge in [-0.25, -0.2) is 0 Å². The highest BCUT2D eigenvalue weighted by Crippen LogP contribution is 2.76. The van der Waals surface area contributed by atoms with Gasteiger partial charge in [-0.1, -0.05) is 35.7 Å². The first kappa shape index (κ1) is 8.10. The van der Waals surface area contributed by atoms with E-state index in [9.17, 15) is 0 Å². The van der Waals surface area contributed by atoms with Crippen molar-refractivity contribution in [2.45, 2.75) is 39.0 Å². The fraction of sp³-hybridized carbons (Fsp3) is 1.00. The van der Waals surface area contributed by atoms with E-state index in [1.54, 1.807) is 6.42 Å². The van der Waals surface area contributed by atoms with Gasteiger partial charge in [-0.3, -0.25) is 0 Å². The number of hydrogen-bond acceptors (Lipinski definition) is 0. The summed E-state index contributed by atoms with van der Waals surface area (Å²) < 4.78 is 0. The molecule has 0 N–H and O–H groups in total. The summed E-state index contributed by atoms with van der Waals surface area (Å²) in [6.07, 6.45) is 7.45. The minimum Gasteiger partial charge on any atom is -0.0925 e. The second-order valence-electron chi connectivity index (χ2n) is 4.33. The predicted octanol–water partition coefficient (Wildman–Crippen LogP) is 3.60. The van der Waals surface area contributed by atoms with Crippen LogP contribution in [0.15, 0.2) is 0 Å². The smallest absolute Gasteiger partial charge is 0.00652 e. The quantitative estimate of drug-likeness (QED) is 0.631. The summed E-state index contributed by atoms with van der Waals surface area (Å²) in [7, 11) is 0. The van der Waals surface area contributed by atoms with Crippen LogP contribution < -0.4 is 0 Å². The van der Waals surface area contributed by atoms with Crippen molar-refractivity contribution in [1.29, 1.82) is 0 Å². The Bertz CT molecular complexity index is 155. The molecule has 64 valence electrons. The number of hydrogen-bond donors (Lipinski definition) is 0. The van der Waals surface area contributed by atoms with E-state index in [1.807, 2.05) is 0 Å². The van der Waals surface area contributed by atoms with Crippen LogP contribution in [0, 0.1) is 17.3 Å². The zero-order valence-corrected chi connectivity index (χ0v) is 8.86. The van der Waals surface area contributed by atoms with Gasteiger partial charge < -0.3 is 0 Å². The Balaban J connectivity index is 1.71. The first-order valence-electron chi connectivity index (χ1n) is 4.89. The van der Waals surface area contributed by atoms with Crippen LogP contribution >= 0.6 is 15.9 Å². The standard InChI is InChI=1S/C10H17Br/c1-2-3-4-8-5-10(8)6-9(10)7-11/h8-9H,2-7H2,1H3/t8-,9+,10+/m0/s1. The maximum atomic E-state index is 3.59. The molecule has 0 bridgehead atoms. The SMILES string of the molecule is CCCC[C@H]1C[C@@]12C[C@@H]2CBr. The maximum Gasteiger partial charge on any atom is 0.00652 e. The summed E-state index contributed by atoms with van der Waals surface area (Å²) in [5, 5.41) is 1.26. The Morgan fingerprint density at radius 2 is 2.09 bits per heavy atom. The van der Waals surface area contributed by atoms with Crippen molar-refractivity contribution in [2.75, 3.05) is 5.33 Å². The molecule has 0 nitrogen and oxygen atoms in total. The van der Waals surface area contributed by atoms with Crippen LogP contribution in [0.25, 0.3) is 0 Å². The van der Waals surface area contributed by atoms with Gasteiger partial charge in [-0.2, -0.15) is 0 Å². The van der Waals surface area contributed by atoms with Crippen LogP contribution in [0.1, 0.15) is 39.0 Å². The minimum absolute atomic E-state index is 0.888. The fourth-order valence-corrected chi connectivity index (χ4v) is 3.47. The summed E-state index contributed by atoms with van der Waals surface area (Å²) in [5.41, 5.74) is 0.888. The van der Waals surface area contributed by atoms with Gasteiger partial charge in [-0.15, -0.1) is 0 Å². The molecule has 0 aromatic rings. The summed E-state index contributed by atoms with van der Waals surface area (Å²) in [4.78, 5) is 0. The first-order valence-corrected chi connectivity index (χ1v) is 6.01. The minimum atomic E-state index is 0.888. The van der Waals surface area contributed by atoms with Gasteiger partial charge in [0, 0.05) is 5.33 Å². The topological polar surface area (TPSA) is 0 Å². The zero-order chi connectivity index (χ0) is 7.90. The van der Waals surface area contributed by atoms with E-state index in [0.29, 0.717) is 0 Å². The second-order valence-corrected chi connectivity index (χ2v) is 4.98. The molecule has 1 spiro atoms. The molecule has 3 atom stereocenters. The molecule has 0 aromatic carbocycles. The van der Waals surface area contributed by atoms with Crippen molar-refractivity contribution in [3.63, 3.8) is 0 Å². The van der Waals surface area contributed by atoms with Crippen molar-refractivity contribution in [1.82, 2.24) is 0 Å². The molecule has 0 radical (unpaired) electrons. The summed E-state index contributed by atoms with van der Waals surface area (Å²) >= 11 is 3.59. The van der Waals surface area contributed by atoms with Crippen LogP contribution in [-0.2, 0) is 0 Å². The molecular weight excluding hydrogens is 200 g/mol. The van der Waals surface area contributed by atoms with Crippen LogP contribution in [0.2, 0.25) is 0 Å². The zero-order valence-electron chi connectivity index (χ0n) is 7.28. The van der Waals surface area contributed by atoms with E-state index < -0.39 is 0 Å². The third-order valence-corrected chi connectivity index (χ3v) is 4.43. The Morgan fingerprint density at radius 3 is 2.64 bits per heavy atom. The Hall–Kier alpha value is 0.480. The lowest BCUT2D eigenvalue weighted by atomic mass is 10.1. The van der Waals surface area contributed by atoms with E-state index in [-0.39, 0.29) is 0 Å². The van der Waals surface area contributed by atoms with E-state index in [0.717, 1.165) is 17.3 Å². The van der Waals surface area contributed by atoms with Crippen molar-refractivity contribution in [3.05, 3.63) is 0 Å². The molecule has 0 saturated heterocycles. The molecule has 11 heavy (non-hydrogen) atoms. The molecule has 2 saturated carbocycles. The third kappa shape index (κ3) is 1.26. The number of halogens is 1. The summed E-state index contributed by atoms with van der Waals surface area (Å²) in [5.74, 6) is 2.19. The van der Waals surface area contributed by atoms with Gasteiger partial charge in [0.2, 0.25) is 0 Å². The molecule has 0 aromatic heterocycles. The maximum absolute atomic E-state index is 3.59. The largest absolute Gasteiger partial charge is 0.0925 e. The second kappa shape index (κ2) is 2.76. The van der Waals surface area contributed by atoms with Gasteiger partial charge in [0.25, 0.3) is 0 Å². The lowest BCUT2D eigenvalue weighted by molar-refractivity contribution is 0.580. The van der Waals surface area contributed by atoms with E-state index in [2.05, 4.69) is 22.9 Å². The van der Waals surface area contributed by atoms with Gasteiger partial charge in [-0.05, 0) is 36.5 Å². The molecule has 0 amide bonds. The van der Waals surface area contributed by atoms with Crippen molar-refractivity contribution >= 4 is 15.9 Å². The predicted molar refractivity (Wildman–Crippen MR) is 52.0 cm³/mol. The Kier molecular flexibility index (Phi) is 2.03. The first-order chi connectivity index (χ1) is 5.33. The van der Waals surface area contributed by atoms with E-state index in [1.165, 1.54) is 31.0 Å². The Labute approximate surface area is 77.9 Å². The number of unbranched alkanes of at least 4 members (excludes halogenated alkanes) is 1. The molecule has 2 rings (SSSR count). The lowest BCUT2D eigenvalue weighted by Gasteiger charge is -1.94. The van der Waals surface area contributed by atoms with Crippen LogP contribution in [0.5, 0.6) is 0 Å². The van der Waals surface area contributed by atoms with Crippen molar-refractivity contribution < 1.29 is 0 Å². The Morgan fingerprint density at radius 1 is 1.36 bits per heavy atom. The highest BCUT2D eigenvalue weighted by atomic mass is 79.9. The monoisotopic (exact) mass is 216 g/mol. The molecule has 1 heteroatoms. The highest BCUT2D eigenvalue weighted by Gasteiger charge is 2.68. The van der Waals surface area contributed by atoms with Gasteiger partial charge in [0.05, 0.1) is 0 Å². The van der Waals surface area contributed by atoms with E-state index in [4.69, 9.17) is 0 Å². The molecule has 2 aliphatic carbocycles. The molecule has 0 heterocycles. The molecule has 2 fully saturated rings. The number of rotatable bonds is 4. The van der Waals surface area contributed by atoms with Crippen molar-refractivity contribution in [3.8, 4) is 0 Å². The third-order valence-electron chi connectivity index (χ3n) is 3.65. The fourth-order valence-electron chi connectivity index (χ4n) is 2.60. The average Bonchev–Trinajstić information content (AvgIpc) is 2.89. The summed E-state index contributed by atoms with van der Waals surface area (Å²) in [6.45, 7) is 2.30. The average molecular weight is 217 g/mol. The van der Waals surface area contributed by atoms with Gasteiger partial charge in [0.1, 0.15) is 0 Å². The van der Waals surface area contributed by atoms with Crippen LogP contribution in [-0.4, -0.2) is 5.33 Å². The normalized spacial score (nSPS) is 46.4. The van der Waals surface area contributed by atoms with Crippen LogP contribution in [0.4, 0.5) is 0 Å². The molecule has 0 unspecified atom stereocenters. The van der Waals surface area contributed by atoms with Gasteiger partial charge in [0.15, 0.2) is 0 Å². The summed E-state index contributed by atoms with van der Waals surface area (Å²) in [6, 6.07) is 0. The molecule has 2 aliphatic rings. The van der Waals surface area contributed by atoms with E-state index >= 15 is 0 Å².